The molecule has 1 atom stereocenters. The normalized spacial score (nSPS) is 18.6. The highest BCUT2D eigenvalue weighted by molar-refractivity contribution is 5.72. The van der Waals surface area contributed by atoms with Gasteiger partial charge in [-0.15, -0.1) is 0 Å². The molecule has 6 heteroatoms. The number of nitrogens with zero attached hydrogens (tertiary/aromatic N) is 1. The van der Waals surface area contributed by atoms with E-state index in [-0.39, 0.29) is 12.0 Å². The first-order valence-corrected chi connectivity index (χ1v) is 10.2. The minimum atomic E-state index is -0.333. The summed E-state index contributed by atoms with van der Waals surface area (Å²) in [6.07, 6.45) is 1.82. The third-order valence-corrected chi connectivity index (χ3v) is 5.66. The van der Waals surface area contributed by atoms with Crippen molar-refractivity contribution in [1.29, 1.82) is 0 Å². The lowest BCUT2D eigenvalue weighted by molar-refractivity contribution is -0.132. The Morgan fingerprint density at radius 2 is 1.90 bits per heavy atom. The number of esters is 1. The van der Waals surface area contributed by atoms with Gasteiger partial charge >= 0.3 is 5.97 Å². The van der Waals surface area contributed by atoms with Gasteiger partial charge in [-0.1, -0.05) is 19.9 Å². The van der Waals surface area contributed by atoms with Crippen LogP contribution in [0.25, 0.3) is 0 Å². The number of benzene rings is 2. The molecule has 0 spiro atoms. The lowest BCUT2D eigenvalue weighted by Gasteiger charge is -2.41. The number of fused-ring (bicyclic) bond motifs is 5. The summed E-state index contributed by atoms with van der Waals surface area (Å²) >= 11 is 0. The molecule has 154 valence electrons. The number of hydrogen-bond donors (Lipinski definition) is 0. The SMILES string of the molecule is CC.COc1ccc2c(c1OC(C)=O)CN1CCc3cc4c(cc3C1C2)OCO4. The van der Waals surface area contributed by atoms with E-state index >= 15 is 0 Å². The number of methoxy groups -OCH3 is 1. The molecule has 5 rings (SSSR count). The molecule has 0 amide bonds. The van der Waals surface area contributed by atoms with Crippen molar-refractivity contribution in [3.8, 4) is 23.0 Å². The summed E-state index contributed by atoms with van der Waals surface area (Å²) in [6, 6.07) is 8.52. The van der Waals surface area contributed by atoms with E-state index in [2.05, 4.69) is 23.1 Å². The molecule has 1 unspecified atom stereocenters. The highest BCUT2D eigenvalue weighted by Gasteiger charge is 2.35. The van der Waals surface area contributed by atoms with Crippen molar-refractivity contribution in [1.82, 2.24) is 4.90 Å². The Morgan fingerprint density at radius 1 is 1.14 bits per heavy atom. The quantitative estimate of drug-likeness (QED) is 0.563. The maximum atomic E-state index is 11.6. The van der Waals surface area contributed by atoms with Gasteiger partial charge in [0.25, 0.3) is 0 Å². The largest absolute Gasteiger partial charge is 0.493 e. The maximum absolute atomic E-state index is 11.6. The van der Waals surface area contributed by atoms with E-state index in [1.807, 2.05) is 19.9 Å². The molecule has 3 aliphatic heterocycles. The van der Waals surface area contributed by atoms with Gasteiger partial charge in [-0.05, 0) is 47.7 Å². The smallest absolute Gasteiger partial charge is 0.308 e. The number of hydrogen-bond acceptors (Lipinski definition) is 6. The van der Waals surface area contributed by atoms with Crippen LogP contribution in [0, 0.1) is 0 Å². The van der Waals surface area contributed by atoms with E-state index in [0.717, 1.165) is 43.0 Å². The minimum absolute atomic E-state index is 0.286. The van der Waals surface area contributed by atoms with Crippen LogP contribution in [0.5, 0.6) is 23.0 Å². The first-order valence-electron chi connectivity index (χ1n) is 10.2. The number of ether oxygens (including phenoxy) is 4. The summed E-state index contributed by atoms with van der Waals surface area (Å²) in [5.41, 5.74) is 4.88. The zero-order valence-electron chi connectivity index (χ0n) is 17.4. The van der Waals surface area contributed by atoms with Crippen LogP contribution in [0.3, 0.4) is 0 Å². The van der Waals surface area contributed by atoms with E-state index in [1.165, 1.54) is 23.6 Å². The lowest BCUT2D eigenvalue weighted by atomic mass is 9.83. The van der Waals surface area contributed by atoms with Crippen LogP contribution in [0.15, 0.2) is 24.3 Å². The Hall–Kier alpha value is -2.73. The van der Waals surface area contributed by atoms with Crippen LogP contribution in [-0.2, 0) is 24.2 Å². The first kappa shape index (κ1) is 19.6. The van der Waals surface area contributed by atoms with Crippen LogP contribution in [0.4, 0.5) is 0 Å². The monoisotopic (exact) mass is 397 g/mol. The van der Waals surface area contributed by atoms with E-state index in [1.54, 1.807) is 7.11 Å². The molecule has 0 saturated carbocycles. The predicted molar refractivity (Wildman–Crippen MR) is 109 cm³/mol. The van der Waals surface area contributed by atoms with Crippen molar-refractivity contribution < 1.29 is 23.7 Å². The van der Waals surface area contributed by atoms with Crippen LogP contribution in [-0.4, -0.2) is 31.3 Å². The summed E-state index contributed by atoms with van der Waals surface area (Å²) in [5, 5.41) is 0. The van der Waals surface area contributed by atoms with Crippen LogP contribution in [0.1, 0.15) is 49.1 Å². The van der Waals surface area contributed by atoms with Crippen molar-refractivity contribution in [2.75, 3.05) is 20.4 Å². The van der Waals surface area contributed by atoms with Gasteiger partial charge in [0, 0.05) is 31.6 Å². The molecule has 0 radical (unpaired) electrons. The van der Waals surface area contributed by atoms with E-state index < -0.39 is 0 Å². The summed E-state index contributed by atoms with van der Waals surface area (Å²) < 4.78 is 22.1. The van der Waals surface area contributed by atoms with Crippen LogP contribution < -0.4 is 18.9 Å². The van der Waals surface area contributed by atoms with Crippen molar-refractivity contribution in [3.05, 3.63) is 46.5 Å². The molecule has 0 aliphatic carbocycles. The molecule has 0 aromatic heterocycles. The molecule has 29 heavy (non-hydrogen) atoms. The van der Waals surface area contributed by atoms with Crippen LogP contribution >= 0.6 is 0 Å². The van der Waals surface area contributed by atoms with Gasteiger partial charge in [0.1, 0.15) is 0 Å². The molecule has 3 heterocycles. The summed E-state index contributed by atoms with van der Waals surface area (Å²) in [5.74, 6) is 2.50. The van der Waals surface area contributed by atoms with Crippen molar-refractivity contribution >= 4 is 5.97 Å². The minimum Gasteiger partial charge on any atom is -0.493 e. The number of carbonyl (C=O) groups excluding carboxylic acids is 1. The molecule has 0 bridgehead atoms. The van der Waals surface area contributed by atoms with Gasteiger partial charge in [0.05, 0.1) is 7.11 Å². The van der Waals surface area contributed by atoms with Gasteiger partial charge in [-0.3, -0.25) is 9.69 Å². The van der Waals surface area contributed by atoms with Crippen LogP contribution in [0.2, 0.25) is 0 Å². The Labute approximate surface area is 171 Å². The van der Waals surface area contributed by atoms with Gasteiger partial charge in [-0.2, -0.15) is 0 Å². The highest BCUT2D eigenvalue weighted by Crippen LogP contribution is 2.46. The average Bonchev–Trinajstić information content (AvgIpc) is 3.20. The fourth-order valence-electron chi connectivity index (χ4n) is 4.41. The van der Waals surface area contributed by atoms with Crippen molar-refractivity contribution in [2.24, 2.45) is 0 Å². The summed E-state index contributed by atoms with van der Waals surface area (Å²) in [7, 11) is 1.60. The molecule has 0 fully saturated rings. The Bertz CT molecular complexity index is 939. The topological polar surface area (TPSA) is 57.2 Å². The molecule has 6 nitrogen and oxygen atoms in total. The molecule has 0 saturated heterocycles. The second-order valence-corrected chi connectivity index (χ2v) is 7.17. The number of rotatable bonds is 2. The summed E-state index contributed by atoms with van der Waals surface area (Å²) in [6.45, 7) is 7.40. The second kappa shape index (κ2) is 7.95. The fourth-order valence-corrected chi connectivity index (χ4v) is 4.41. The van der Waals surface area contributed by atoms with Gasteiger partial charge < -0.3 is 18.9 Å². The average molecular weight is 397 g/mol. The molecular weight excluding hydrogens is 370 g/mol. The zero-order valence-corrected chi connectivity index (χ0v) is 17.4. The summed E-state index contributed by atoms with van der Waals surface area (Å²) in [4.78, 5) is 14.0. The van der Waals surface area contributed by atoms with Gasteiger partial charge in [-0.25, -0.2) is 0 Å². The molecular formula is C23H27NO5. The lowest BCUT2D eigenvalue weighted by Crippen LogP contribution is -2.39. The molecule has 2 aromatic rings. The van der Waals surface area contributed by atoms with E-state index in [9.17, 15) is 4.79 Å². The second-order valence-electron chi connectivity index (χ2n) is 7.17. The van der Waals surface area contributed by atoms with Gasteiger partial charge in [0.15, 0.2) is 23.0 Å². The Morgan fingerprint density at radius 3 is 2.62 bits per heavy atom. The van der Waals surface area contributed by atoms with Gasteiger partial charge in [0.2, 0.25) is 6.79 Å². The number of carbonyl (C=O) groups is 1. The standard InChI is InChI=1S/C21H21NO5.C2H6/c1-12(23)27-21-16-10-22-6-5-14-8-19-20(26-11-25-19)9-15(14)17(22)7-13(16)3-4-18(21)24-2;1-2/h3-4,8-9,17H,5-7,10-11H2,1-2H3;1-2H3. The predicted octanol–water partition coefficient (Wildman–Crippen LogP) is 4.03. The van der Waals surface area contributed by atoms with Crippen molar-refractivity contribution in [3.63, 3.8) is 0 Å². The van der Waals surface area contributed by atoms with Crippen molar-refractivity contribution in [2.45, 2.75) is 46.2 Å². The maximum Gasteiger partial charge on any atom is 0.308 e. The molecule has 2 aromatic carbocycles. The molecule has 0 N–H and O–H groups in total. The Balaban J connectivity index is 0.000000994. The third-order valence-electron chi connectivity index (χ3n) is 5.66. The first-order chi connectivity index (χ1) is 14.1. The van der Waals surface area contributed by atoms with E-state index in [4.69, 9.17) is 18.9 Å². The molecule has 3 aliphatic rings. The highest BCUT2D eigenvalue weighted by atomic mass is 16.7. The zero-order chi connectivity index (χ0) is 20.5. The third kappa shape index (κ3) is 3.42. The fraction of sp³-hybridized carbons (Fsp3) is 0.435. The Kier molecular flexibility index (Phi) is 5.37. The van der Waals surface area contributed by atoms with E-state index in [0.29, 0.717) is 18.3 Å².